The van der Waals surface area contributed by atoms with Crippen LogP contribution in [0.1, 0.15) is 24.3 Å². The molecule has 6 heteroatoms. The van der Waals surface area contributed by atoms with Crippen LogP contribution in [0.15, 0.2) is 57.5 Å². The van der Waals surface area contributed by atoms with Crippen molar-refractivity contribution in [2.75, 3.05) is 0 Å². The summed E-state index contributed by atoms with van der Waals surface area (Å²) in [5.74, 6) is 0.949. The van der Waals surface area contributed by atoms with Crippen LogP contribution in [-0.4, -0.2) is 21.1 Å². The molecule has 3 aromatic rings. The summed E-state index contributed by atoms with van der Waals surface area (Å²) in [6.07, 6.45) is 2.25. The first-order valence-electron chi connectivity index (χ1n) is 8.25. The number of rotatable bonds is 6. The summed E-state index contributed by atoms with van der Waals surface area (Å²) in [4.78, 5) is 6.71. The second kappa shape index (κ2) is 7.06. The normalized spacial score (nSPS) is 14.2. The summed E-state index contributed by atoms with van der Waals surface area (Å²) in [6.45, 7) is 1.08. The van der Waals surface area contributed by atoms with E-state index in [-0.39, 0.29) is 5.82 Å². The first-order chi connectivity index (χ1) is 12.2. The fraction of sp³-hybridized carbons (Fsp3) is 0.263. The van der Waals surface area contributed by atoms with E-state index in [4.69, 9.17) is 4.52 Å². The summed E-state index contributed by atoms with van der Waals surface area (Å²) in [6, 6.07) is 15.1. The van der Waals surface area contributed by atoms with Gasteiger partial charge in [-0.3, -0.25) is 4.90 Å². The lowest BCUT2D eigenvalue weighted by atomic mass is 10.2. The fourth-order valence-corrected chi connectivity index (χ4v) is 3.24. The molecule has 0 atom stereocenters. The summed E-state index contributed by atoms with van der Waals surface area (Å²) in [7, 11) is 0. The Morgan fingerprint density at radius 3 is 2.72 bits per heavy atom. The molecule has 1 heterocycles. The van der Waals surface area contributed by atoms with Gasteiger partial charge in [-0.15, -0.1) is 0 Å². The molecular formula is C19H17BrFN3O. The van der Waals surface area contributed by atoms with E-state index >= 15 is 0 Å². The van der Waals surface area contributed by atoms with Crippen molar-refractivity contribution in [2.24, 2.45) is 0 Å². The smallest absolute Gasteiger partial charge is 0.241 e. The molecule has 128 valence electrons. The van der Waals surface area contributed by atoms with Crippen molar-refractivity contribution in [2.45, 2.75) is 32.0 Å². The average Bonchev–Trinajstić information content (AvgIpc) is 3.35. The van der Waals surface area contributed by atoms with Gasteiger partial charge in [0, 0.05) is 28.2 Å². The SMILES string of the molecule is Fc1ccccc1CN(Cc1nc(-c2cccc(Br)c2)no1)C1CC1. The van der Waals surface area contributed by atoms with E-state index in [1.807, 2.05) is 36.4 Å². The lowest BCUT2D eigenvalue weighted by Gasteiger charge is -2.20. The Balaban J connectivity index is 1.51. The minimum Gasteiger partial charge on any atom is -0.338 e. The minimum absolute atomic E-state index is 0.173. The second-order valence-corrected chi connectivity index (χ2v) is 7.17. The predicted molar refractivity (Wildman–Crippen MR) is 96.1 cm³/mol. The molecular weight excluding hydrogens is 385 g/mol. The highest BCUT2D eigenvalue weighted by atomic mass is 79.9. The number of hydrogen-bond acceptors (Lipinski definition) is 4. The van der Waals surface area contributed by atoms with Crippen molar-refractivity contribution in [1.29, 1.82) is 0 Å². The molecule has 2 aromatic carbocycles. The molecule has 25 heavy (non-hydrogen) atoms. The van der Waals surface area contributed by atoms with Crippen molar-refractivity contribution in [3.05, 3.63) is 70.3 Å². The molecule has 4 nitrogen and oxygen atoms in total. The minimum atomic E-state index is -0.173. The van der Waals surface area contributed by atoms with Gasteiger partial charge in [0.2, 0.25) is 11.7 Å². The van der Waals surface area contributed by atoms with Crippen LogP contribution >= 0.6 is 15.9 Å². The van der Waals surface area contributed by atoms with Crippen LogP contribution in [0.5, 0.6) is 0 Å². The molecule has 1 saturated carbocycles. The Morgan fingerprint density at radius 1 is 1.12 bits per heavy atom. The van der Waals surface area contributed by atoms with Gasteiger partial charge in [-0.25, -0.2) is 4.39 Å². The largest absolute Gasteiger partial charge is 0.338 e. The van der Waals surface area contributed by atoms with Gasteiger partial charge in [0.25, 0.3) is 0 Å². The average molecular weight is 402 g/mol. The zero-order valence-electron chi connectivity index (χ0n) is 13.5. The highest BCUT2D eigenvalue weighted by Gasteiger charge is 2.30. The Bertz CT molecular complexity index is 878. The topological polar surface area (TPSA) is 42.2 Å². The van der Waals surface area contributed by atoms with Crippen LogP contribution in [0.3, 0.4) is 0 Å². The number of benzene rings is 2. The zero-order valence-corrected chi connectivity index (χ0v) is 15.1. The van der Waals surface area contributed by atoms with Gasteiger partial charge >= 0.3 is 0 Å². The molecule has 0 aliphatic heterocycles. The Kier molecular flexibility index (Phi) is 4.63. The quantitative estimate of drug-likeness (QED) is 0.594. The van der Waals surface area contributed by atoms with Crippen molar-refractivity contribution >= 4 is 15.9 Å². The molecule has 0 unspecified atom stereocenters. The number of aromatic nitrogens is 2. The van der Waals surface area contributed by atoms with Gasteiger partial charge in [-0.2, -0.15) is 4.98 Å². The van der Waals surface area contributed by atoms with Crippen LogP contribution in [0, 0.1) is 5.82 Å². The molecule has 1 aliphatic carbocycles. The number of halogens is 2. The van der Waals surface area contributed by atoms with Gasteiger partial charge < -0.3 is 4.52 Å². The van der Waals surface area contributed by atoms with Crippen molar-refractivity contribution < 1.29 is 8.91 Å². The molecule has 4 rings (SSSR count). The Labute approximate surface area is 153 Å². The second-order valence-electron chi connectivity index (χ2n) is 6.25. The fourth-order valence-electron chi connectivity index (χ4n) is 2.84. The van der Waals surface area contributed by atoms with E-state index in [0.29, 0.717) is 36.4 Å². The Morgan fingerprint density at radius 2 is 1.96 bits per heavy atom. The summed E-state index contributed by atoms with van der Waals surface area (Å²) >= 11 is 3.45. The third-order valence-electron chi connectivity index (χ3n) is 4.28. The summed E-state index contributed by atoms with van der Waals surface area (Å²) < 4.78 is 20.3. The van der Waals surface area contributed by atoms with Crippen LogP contribution in [0.2, 0.25) is 0 Å². The standard InChI is InChI=1S/C19H17BrFN3O/c20-15-6-3-5-13(10-15)19-22-18(25-23-19)12-24(16-8-9-16)11-14-4-1-2-7-17(14)21/h1-7,10,16H,8-9,11-12H2. The van der Waals surface area contributed by atoms with Gasteiger partial charge in [-0.05, 0) is 31.0 Å². The van der Waals surface area contributed by atoms with Gasteiger partial charge in [-0.1, -0.05) is 51.4 Å². The maximum absolute atomic E-state index is 14.0. The molecule has 0 saturated heterocycles. The maximum Gasteiger partial charge on any atom is 0.241 e. The van der Waals surface area contributed by atoms with E-state index in [0.717, 1.165) is 22.9 Å². The molecule has 0 amide bonds. The highest BCUT2D eigenvalue weighted by Crippen LogP contribution is 2.30. The Hall–Kier alpha value is -2.05. The lowest BCUT2D eigenvalue weighted by molar-refractivity contribution is 0.207. The molecule has 0 N–H and O–H groups in total. The first kappa shape index (κ1) is 16.4. The maximum atomic E-state index is 14.0. The summed E-state index contributed by atoms with van der Waals surface area (Å²) in [5, 5.41) is 4.08. The van der Waals surface area contributed by atoms with Crippen LogP contribution in [0.4, 0.5) is 4.39 Å². The molecule has 0 radical (unpaired) electrons. The van der Waals surface area contributed by atoms with Gasteiger partial charge in [0.15, 0.2) is 0 Å². The number of nitrogens with zero attached hydrogens (tertiary/aromatic N) is 3. The van der Waals surface area contributed by atoms with E-state index in [1.54, 1.807) is 6.07 Å². The zero-order chi connectivity index (χ0) is 17.2. The predicted octanol–water partition coefficient (Wildman–Crippen LogP) is 4.80. The van der Waals surface area contributed by atoms with Gasteiger partial charge in [0.05, 0.1) is 6.54 Å². The molecule has 1 aliphatic rings. The van der Waals surface area contributed by atoms with Crippen molar-refractivity contribution in [3.63, 3.8) is 0 Å². The first-order valence-corrected chi connectivity index (χ1v) is 9.04. The van der Waals surface area contributed by atoms with E-state index in [9.17, 15) is 4.39 Å². The van der Waals surface area contributed by atoms with Crippen LogP contribution < -0.4 is 0 Å². The van der Waals surface area contributed by atoms with Crippen molar-refractivity contribution in [1.82, 2.24) is 15.0 Å². The highest BCUT2D eigenvalue weighted by molar-refractivity contribution is 9.10. The van der Waals surface area contributed by atoms with Crippen LogP contribution in [-0.2, 0) is 13.1 Å². The molecule has 1 aromatic heterocycles. The summed E-state index contributed by atoms with van der Waals surface area (Å²) in [5.41, 5.74) is 1.59. The van der Waals surface area contributed by atoms with Gasteiger partial charge in [0.1, 0.15) is 5.82 Å². The third kappa shape index (κ3) is 3.96. The van der Waals surface area contributed by atoms with E-state index in [1.165, 1.54) is 6.07 Å². The van der Waals surface area contributed by atoms with Crippen molar-refractivity contribution in [3.8, 4) is 11.4 Å². The van der Waals surface area contributed by atoms with Crippen LogP contribution in [0.25, 0.3) is 11.4 Å². The lowest BCUT2D eigenvalue weighted by Crippen LogP contribution is -2.25. The number of hydrogen-bond donors (Lipinski definition) is 0. The van der Waals surface area contributed by atoms with E-state index in [2.05, 4.69) is 31.0 Å². The third-order valence-corrected chi connectivity index (χ3v) is 4.78. The van der Waals surface area contributed by atoms with E-state index < -0.39 is 0 Å². The molecule has 0 bridgehead atoms. The molecule has 0 spiro atoms. The monoisotopic (exact) mass is 401 g/mol. The molecule has 1 fully saturated rings.